The van der Waals surface area contributed by atoms with Crippen molar-refractivity contribution in [1.82, 2.24) is 0 Å². The van der Waals surface area contributed by atoms with Gasteiger partial charge in [-0.15, -0.1) is 0 Å². The summed E-state index contributed by atoms with van der Waals surface area (Å²) in [6, 6.07) is 0. The maximum atomic E-state index is 11.7. The molecule has 0 fully saturated rings. The van der Waals surface area contributed by atoms with Gasteiger partial charge in [0.2, 0.25) is 0 Å². The lowest BCUT2D eigenvalue weighted by Gasteiger charge is -2.08. The molecule has 0 heterocycles. The van der Waals surface area contributed by atoms with Crippen molar-refractivity contribution < 1.29 is 35.2 Å². The van der Waals surface area contributed by atoms with E-state index in [0.29, 0.717) is 13.0 Å². The molecule has 0 saturated carbocycles. The first-order valence-corrected chi connectivity index (χ1v) is 5.74. The molecule has 0 amide bonds. The van der Waals surface area contributed by atoms with E-state index in [2.05, 4.69) is 4.18 Å². The van der Waals surface area contributed by atoms with Gasteiger partial charge in [-0.1, -0.05) is 0 Å². The fourth-order valence-corrected chi connectivity index (χ4v) is 1.10. The molecule has 98 valence electrons. The zero-order valence-electron chi connectivity index (χ0n) is 8.62. The maximum Gasteiger partial charge on any atom is 0.523 e. The Kier molecular flexibility index (Phi) is 6.88. The normalized spacial score (nSPS) is 13.0. The van der Waals surface area contributed by atoms with E-state index in [1.807, 2.05) is 0 Å². The number of hydrogen-bond acceptors (Lipinski definition) is 5. The molecule has 0 atom stereocenters. The van der Waals surface area contributed by atoms with Crippen molar-refractivity contribution in [3.63, 3.8) is 0 Å². The molecule has 5 nitrogen and oxygen atoms in total. The van der Waals surface area contributed by atoms with Crippen molar-refractivity contribution in [3.8, 4) is 0 Å². The molecule has 0 aliphatic rings. The fraction of sp³-hybridized carbons (Fsp3) is 1.00. The third kappa shape index (κ3) is 6.26. The van der Waals surface area contributed by atoms with Crippen LogP contribution in [-0.4, -0.2) is 47.5 Å². The van der Waals surface area contributed by atoms with Gasteiger partial charge in [0.1, 0.15) is 0 Å². The van der Waals surface area contributed by atoms with E-state index in [1.54, 1.807) is 0 Å². The van der Waals surface area contributed by atoms with Crippen LogP contribution in [-0.2, 0) is 23.8 Å². The Bertz CT molecular complexity index is 274. The molecule has 0 saturated heterocycles. The molecule has 0 aliphatic carbocycles. The highest BCUT2D eigenvalue weighted by Crippen LogP contribution is 2.24. The number of rotatable bonds is 8. The highest BCUT2D eigenvalue weighted by atomic mass is 32.2. The fourth-order valence-electron chi connectivity index (χ4n) is 0.677. The summed E-state index contributed by atoms with van der Waals surface area (Å²) >= 11 is 0. The molecule has 9 heteroatoms. The number of halogens is 3. The molecular formula is C7H13F3O5S. The minimum Gasteiger partial charge on any atom is -0.385 e. The predicted octanol–water partition coefficient (Wildman–Crippen LogP) is 0.906. The zero-order valence-corrected chi connectivity index (χ0v) is 9.44. The lowest BCUT2D eigenvalue weighted by molar-refractivity contribution is -0.0555. The Morgan fingerprint density at radius 1 is 1.06 bits per heavy atom. The van der Waals surface area contributed by atoms with E-state index < -0.39 is 22.2 Å². The summed E-state index contributed by atoms with van der Waals surface area (Å²) in [7, 11) is -4.00. The first-order chi connectivity index (χ1) is 7.31. The van der Waals surface area contributed by atoms with Crippen LogP contribution in [0.1, 0.15) is 6.42 Å². The van der Waals surface area contributed by atoms with Gasteiger partial charge in [-0.2, -0.15) is 21.6 Å². The largest absolute Gasteiger partial charge is 0.523 e. The molecule has 0 spiro atoms. The van der Waals surface area contributed by atoms with Crippen LogP contribution in [0.15, 0.2) is 0 Å². The molecule has 0 unspecified atom stereocenters. The Labute approximate surface area is 91.6 Å². The minimum absolute atomic E-state index is 0.223. The second-order valence-electron chi connectivity index (χ2n) is 2.68. The SMILES string of the molecule is COCCCOCCOS(=O)(=O)C(F)(F)F. The molecular weight excluding hydrogens is 253 g/mol. The monoisotopic (exact) mass is 266 g/mol. The number of hydrogen-bond donors (Lipinski definition) is 0. The quantitative estimate of drug-likeness (QED) is 0.371. The zero-order chi connectivity index (χ0) is 12.7. The molecule has 0 aliphatic heterocycles. The second kappa shape index (κ2) is 7.05. The van der Waals surface area contributed by atoms with E-state index in [1.165, 1.54) is 7.11 Å². The van der Waals surface area contributed by atoms with E-state index in [4.69, 9.17) is 9.47 Å². The van der Waals surface area contributed by atoms with Gasteiger partial charge in [0.25, 0.3) is 0 Å². The second-order valence-corrected chi connectivity index (χ2v) is 4.29. The van der Waals surface area contributed by atoms with Crippen LogP contribution in [0.5, 0.6) is 0 Å². The summed E-state index contributed by atoms with van der Waals surface area (Å²) in [6.07, 6.45) is 0.572. The van der Waals surface area contributed by atoms with Gasteiger partial charge >= 0.3 is 15.6 Å². The minimum atomic E-state index is -5.50. The average Bonchev–Trinajstić information content (AvgIpc) is 2.14. The summed E-state index contributed by atoms with van der Waals surface area (Å²) in [5, 5.41) is 0. The third-order valence-corrected chi connectivity index (χ3v) is 2.43. The van der Waals surface area contributed by atoms with Crippen LogP contribution >= 0.6 is 0 Å². The predicted molar refractivity (Wildman–Crippen MR) is 48.2 cm³/mol. The van der Waals surface area contributed by atoms with Crippen LogP contribution in [0, 0.1) is 0 Å². The maximum absolute atomic E-state index is 11.7. The van der Waals surface area contributed by atoms with Crippen LogP contribution in [0.3, 0.4) is 0 Å². The molecule has 0 radical (unpaired) electrons. The van der Waals surface area contributed by atoms with Gasteiger partial charge in [-0.25, -0.2) is 0 Å². The van der Waals surface area contributed by atoms with Gasteiger partial charge in [-0.3, -0.25) is 4.18 Å². The van der Waals surface area contributed by atoms with Gasteiger partial charge in [0.15, 0.2) is 0 Å². The Hall–Kier alpha value is -0.380. The van der Waals surface area contributed by atoms with E-state index in [9.17, 15) is 21.6 Å². The molecule has 0 bridgehead atoms. The summed E-state index contributed by atoms with van der Waals surface area (Å²) in [5.74, 6) is 0. The van der Waals surface area contributed by atoms with Crippen LogP contribution in [0.4, 0.5) is 13.2 Å². The van der Waals surface area contributed by atoms with Crippen LogP contribution in [0.2, 0.25) is 0 Å². The lowest BCUT2D eigenvalue weighted by atomic mass is 10.5. The highest BCUT2D eigenvalue weighted by molar-refractivity contribution is 7.87. The van der Waals surface area contributed by atoms with Crippen LogP contribution < -0.4 is 0 Å². The van der Waals surface area contributed by atoms with E-state index >= 15 is 0 Å². The molecule has 0 aromatic carbocycles. The van der Waals surface area contributed by atoms with Crippen molar-refractivity contribution in [2.75, 3.05) is 33.5 Å². The van der Waals surface area contributed by atoms with Crippen molar-refractivity contribution in [1.29, 1.82) is 0 Å². The summed E-state index contributed by atoms with van der Waals surface area (Å²) in [4.78, 5) is 0. The average molecular weight is 266 g/mol. The van der Waals surface area contributed by atoms with Crippen molar-refractivity contribution in [2.24, 2.45) is 0 Å². The summed E-state index contributed by atoms with van der Waals surface area (Å²) in [5.41, 5.74) is -5.39. The Morgan fingerprint density at radius 2 is 1.69 bits per heavy atom. The number of methoxy groups -OCH3 is 1. The van der Waals surface area contributed by atoms with Gasteiger partial charge in [0, 0.05) is 20.3 Å². The van der Waals surface area contributed by atoms with Gasteiger partial charge in [-0.05, 0) is 6.42 Å². The molecule has 0 aromatic rings. The number of alkyl halides is 3. The summed E-state index contributed by atoms with van der Waals surface area (Å²) in [6.45, 7) is -0.154. The van der Waals surface area contributed by atoms with E-state index in [0.717, 1.165) is 0 Å². The Morgan fingerprint density at radius 3 is 2.19 bits per heavy atom. The third-order valence-electron chi connectivity index (χ3n) is 1.39. The number of ether oxygens (including phenoxy) is 2. The first kappa shape index (κ1) is 15.6. The standard InChI is InChI=1S/C7H13F3O5S/c1-13-3-2-4-14-5-6-15-16(11,12)7(8,9)10/h2-6H2,1H3. The first-order valence-electron chi connectivity index (χ1n) is 4.33. The van der Waals surface area contributed by atoms with Crippen molar-refractivity contribution in [3.05, 3.63) is 0 Å². The highest BCUT2D eigenvalue weighted by Gasteiger charge is 2.47. The van der Waals surface area contributed by atoms with Crippen molar-refractivity contribution in [2.45, 2.75) is 11.9 Å². The lowest BCUT2D eigenvalue weighted by Crippen LogP contribution is -2.26. The molecule has 16 heavy (non-hydrogen) atoms. The molecule has 0 N–H and O–H groups in total. The van der Waals surface area contributed by atoms with Gasteiger partial charge < -0.3 is 9.47 Å². The van der Waals surface area contributed by atoms with Crippen LogP contribution in [0.25, 0.3) is 0 Å². The topological polar surface area (TPSA) is 61.8 Å². The van der Waals surface area contributed by atoms with E-state index in [-0.39, 0.29) is 13.2 Å². The van der Waals surface area contributed by atoms with Gasteiger partial charge in [0.05, 0.1) is 13.2 Å². The molecule has 0 aromatic heterocycles. The molecule has 0 rings (SSSR count). The Balaban J connectivity index is 3.60. The van der Waals surface area contributed by atoms with Crippen molar-refractivity contribution >= 4 is 10.1 Å². The smallest absolute Gasteiger partial charge is 0.385 e. The summed E-state index contributed by atoms with van der Waals surface area (Å²) < 4.78 is 69.1.